The number of aryl methyl sites for hydroxylation is 1. The van der Waals surface area contributed by atoms with Gasteiger partial charge in [-0.2, -0.15) is 0 Å². The van der Waals surface area contributed by atoms with Crippen molar-refractivity contribution in [3.05, 3.63) is 33.9 Å². The summed E-state index contributed by atoms with van der Waals surface area (Å²) in [5.74, 6) is -1.02. The van der Waals surface area contributed by atoms with E-state index < -0.39 is 5.97 Å². The van der Waals surface area contributed by atoms with Crippen LogP contribution in [0.15, 0.2) is 18.2 Å². The Morgan fingerprint density at radius 2 is 2.12 bits per heavy atom. The van der Waals surface area contributed by atoms with Gasteiger partial charge in [-0.15, -0.1) is 0 Å². The summed E-state index contributed by atoms with van der Waals surface area (Å²) in [6.07, 6.45) is 0. The van der Waals surface area contributed by atoms with E-state index in [0.29, 0.717) is 17.0 Å². The van der Waals surface area contributed by atoms with Crippen molar-refractivity contribution < 1.29 is 9.90 Å². The van der Waals surface area contributed by atoms with Gasteiger partial charge in [-0.25, -0.2) is 4.79 Å². The molecule has 0 radical (unpaired) electrons. The number of aromatic carboxylic acids is 1. The Morgan fingerprint density at radius 1 is 1.44 bits per heavy atom. The van der Waals surface area contributed by atoms with Crippen molar-refractivity contribution in [1.29, 1.82) is 0 Å². The Morgan fingerprint density at radius 3 is 2.69 bits per heavy atom. The first-order valence-electron chi connectivity index (χ1n) is 4.76. The minimum absolute atomic E-state index is 0.134. The van der Waals surface area contributed by atoms with Crippen LogP contribution in [0.5, 0.6) is 0 Å². The van der Waals surface area contributed by atoms with E-state index in [2.05, 4.69) is 0 Å². The second-order valence-corrected chi connectivity index (χ2v) is 4.17. The highest BCUT2D eigenvalue weighted by molar-refractivity contribution is 6.35. The topological polar surface area (TPSA) is 42.2 Å². The molecule has 84 valence electrons. The molecule has 1 aromatic heterocycles. The molecule has 0 aliphatic rings. The quantitative estimate of drug-likeness (QED) is 0.892. The molecule has 0 aliphatic carbocycles. The molecule has 0 atom stereocenters. The van der Waals surface area contributed by atoms with Crippen molar-refractivity contribution in [3.63, 3.8) is 0 Å². The third-order valence-corrected chi connectivity index (χ3v) is 3.12. The largest absolute Gasteiger partial charge is 0.478 e. The van der Waals surface area contributed by atoms with Crippen LogP contribution in [0, 0.1) is 0 Å². The number of rotatable bonds is 2. The molecule has 2 aromatic rings. The maximum absolute atomic E-state index is 11.1. The van der Waals surface area contributed by atoms with Gasteiger partial charge >= 0.3 is 5.97 Å². The van der Waals surface area contributed by atoms with Gasteiger partial charge in [0.25, 0.3) is 0 Å². The molecule has 0 saturated carbocycles. The summed E-state index contributed by atoms with van der Waals surface area (Å²) >= 11 is 11.9. The number of nitrogens with zero attached hydrogens (tertiary/aromatic N) is 1. The predicted octanol–water partition coefficient (Wildman–Crippen LogP) is 3.67. The van der Waals surface area contributed by atoms with Gasteiger partial charge in [-0.1, -0.05) is 29.3 Å². The summed E-state index contributed by atoms with van der Waals surface area (Å²) in [6.45, 7) is 2.50. The number of hydrogen-bond acceptors (Lipinski definition) is 1. The fourth-order valence-electron chi connectivity index (χ4n) is 1.80. The van der Waals surface area contributed by atoms with Crippen molar-refractivity contribution >= 4 is 40.1 Å². The van der Waals surface area contributed by atoms with Crippen LogP contribution < -0.4 is 0 Å². The van der Waals surface area contributed by atoms with Gasteiger partial charge < -0.3 is 9.67 Å². The fraction of sp³-hybridized carbons (Fsp3) is 0.182. The molecule has 1 N–H and O–H groups in total. The maximum atomic E-state index is 11.1. The molecule has 3 nitrogen and oxygen atoms in total. The second-order valence-electron chi connectivity index (χ2n) is 3.38. The summed E-state index contributed by atoms with van der Waals surface area (Å²) in [5, 5.41) is 10.5. The molecule has 0 unspecified atom stereocenters. The van der Waals surface area contributed by atoms with Crippen LogP contribution in [-0.2, 0) is 6.54 Å². The number of fused-ring (bicyclic) bond motifs is 1. The van der Waals surface area contributed by atoms with E-state index in [9.17, 15) is 4.79 Å². The van der Waals surface area contributed by atoms with Crippen LogP contribution in [0.2, 0.25) is 10.2 Å². The van der Waals surface area contributed by atoms with E-state index in [-0.39, 0.29) is 10.7 Å². The lowest BCUT2D eigenvalue weighted by atomic mass is 10.2. The Balaban J connectivity index is 2.91. The minimum atomic E-state index is -1.02. The van der Waals surface area contributed by atoms with E-state index in [1.165, 1.54) is 0 Å². The zero-order valence-electron chi connectivity index (χ0n) is 8.50. The van der Waals surface area contributed by atoms with Crippen LogP contribution in [0.1, 0.15) is 17.3 Å². The highest BCUT2D eigenvalue weighted by Gasteiger charge is 2.20. The van der Waals surface area contributed by atoms with Gasteiger partial charge in [0.1, 0.15) is 10.7 Å². The number of hydrogen-bond donors (Lipinski definition) is 1. The van der Waals surface area contributed by atoms with Crippen molar-refractivity contribution in [2.24, 2.45) is 0 Å². The lowest BCUT2D eigenvalue weighted by Gasteiger charge is -2.01. The van der Waals surface area contributed by atoms with E-state index >= 15 is 0 Å². The van der Waals surface area contributed by atoms with Crippen LogP contribution in [-0.4, -0.2) is 15.6 Å². The number of carboxylic acid groups (broad SMARTS) is 1. The summed E-state index contributed by atoms with van der Waals surface area (Å²) < 4.78 is 1.73. The maximum Gasteiger partial charge on any atom is 0.339 e. The Kier molecular flexibility index (Phi) is 2.82. The van der Waals surface area contributed by atoms with Gasteiger partial charge in [-0.05, 0) is 19.1 Å². The van der Waals surface area contributed by atoms with E-state index in [1.54, 1.807) is 22.8 Å². The van der Waals surface area contributed by atoms with E-state index in [1.807, 2.05) is 6.92 Å². The van der Waals surface area contributed by atoms with Crippen LogP contribution in [0.4, 0.5) is 0 Å². The van der Waals surface area contributed by atoms with Gasteiger partial charge in [0, 0.05) is 17.0 Å². The van der Waals surface area contributed by atoms with Crippen molar-refractivity contribution in [1.82, 2.24) is 4.57 Å². The third-order valence-electron chi connectivity index (χ3n) is 2.49. The van der Waals surface area contributed by atoms with Crippen molar-refractivity contribution in [2.75, 3.05) is 0 Å². The normalized spacial score (nSPS) is 10.9. The highest BCUT2D eigenvalue weighted by atomic mass is 35.5. The third kappa shape index (κ3) is 1.56. The predicted molar refractivity (Wildman–Crippen MR) is 64.6 cm³/mol. The molecule has 0 spiro atoms. The molecule has 1 aromatic carbocycles. The average Bonchev–Trinajstić information content (AvgIpc) is 2.49. The summed E-state index contributed by atoms with van der Waals surface area (Å²) in [7, 11) is 0. The van der Waals surface area contributed by atoms with Crippen LogP contribution in [0.25, 0.3) is 10.9 Å². The zero-order chi connectivity index (χ0) is 11.9. The number of halogens is 2. The summed E-state index contributed by atoms with van der Waals surface area (Å²) in [5.41, 5.74) is 0.882. The first-order chi connectivity index (χ1) is 7.56. The monoisotopic (exact) mass is 257 g/mol. The SMILES string of the molecule is CCn1c(Cl)c(C(=O)O)c2ccc(Cl)cc21. The lowest BCUT2D eigenvalue weighted by molar-refractivity contribution is 0.0699. The first kappa shape index (κ1) is 11.3. The fourth-order valence-corrected chi connectivity index (χ4v) is 2.36. The molecule has 0 bridgehead atoms. The highest BCUT2D eigenvalue weighted by Crippen LogP contribution is 2.31. The molecular formula is C11H9Cl2NO2. The standard InChI is InChI=1S/C11H9Cl2NO2/c1-2-14-8-5-6(12)3-4-7(8)9(10(14)13)11(15)16/h3-5H,2H2,1H3,(H,15,16). The Labute approximate surface area is 102 Å². The number of carboxylic acids is 1. The molecule has 16 heavy (non-hydrogen) atoms. The number of aromatic nitrogens is 1. The molecule has 0 fully saturated rings. The van der Waals surface area contributed by atoms with E-state index in [0.717, 1.165) is 5.52 Å². The number of benzene rings is 1. The summed E-state index contributed by atoms with van der Waals surface area (Å²) in [6, 6.07) is 5.06. The zero-order valence-corrected chi connectivity index (χ0v) is 10.0. The van der Waals surface area contributed by atoms with Gasteiger partial charge in [0.15, 0.2) is 0 Å². The molecule has 0 aliphatic heterocycles. The molecule has 2 rings (SSSR count). The number of carbonyl (C=O) groups is 1. The summed E-state index contributed by atoms with van der Waals surface area (Å²) in [4.78, 5) is 11.1. The van der Waals surface area contributed by atoms with E-state index in [4.69, 9.17) is 28.3 Å². The van der Waals surface area contributed by atoms with Crippen molar-refractivity contribution in [3.8, 4) is 0 Å². The van der Waals surface area contributed by atoms with Crippen LogP contribution >= 0.6 is 23.2 Å². The molecule has 0 amide bonds. The van der Waals surface area contributed by atoms with Gasteiger partial charge in [0.05, 0.1) is 5.52 Å². The first-order valence-corrected chi connectivity index (χ1v) is 5.52. The molecule has 5 heteroatoms. The molecule has 1 heterocycles. The molecule has 0 saturated heterocycles. The Bertz CT molecular complexity index is 575. The van der Waals surface area contributed by atoms with Gasteiger partial charge in [0.2, 0.25) is 0 Å². The minimum Gasteiger partial charge on any atom is -0.478 e. The smallest absolute Gasteiger partial charge is 0.339 e. The second kappa shape index (κ2) is 4.00. The van der Waals surface area contributed by atoms with Crippen LogP contribution in [0.3, 0.4) is 0 Å². The Hall–Kier alpha value is -1.19. The average molecular weight is 258 g/mol. The van der Waals surface area contributed by atoms with Gasteiger partial charge in [-0.3, -0.25) is 0 Å². The lowest BCUT2D eigenvalue weighted by Crippen LogP contribution is -1.98. The molecular weight excluding hydrogens is 249 g/mol. The van der Waals surface area contributed by atoms with Crippen molar-refractivity contribution in [2.45, 2.75) is 13.5 Å².